The van der Waals surface area contributed by atoms with Crippen molar-refractivity contribution in [1.29, 1.82) is 0 Å². The van der Waals surface area contributed by atoms with Crippen molar-refractivity contribution in [2.45, 2.75) is 32.2 Å². The van der Waals surface area contributed by atoms with Crippen LogP contribution >= 0.6 is 11.3 Å². The van der Waals surface area contributed by atoms with Crippen molar-refractivity contribution in [1.82, 2.24) is 9.88 Å². The van der Waals surface area contributed by atoms with Crippen LogP contribution in [0.5, 0.6) is 0 Å². The maximum Gasteiger partial charge on any atom is 0.273 e. The van der Waals surface area contributed by atoms with E-state index >= 15 is 0 Å². The Kier molecular flexibility index (Phi) is 4.43. The number of nitrogens with one attached hydrogen (secondary N) is 1. The Morgan fingerprint density at radius 1 is 1.35 bits per heavy atom. The molecule has 3 rings (SSSR count). The highest BCUT2D eigenvalue weighted by Gasteiger charge is 2.28. The number of benzene rings is 1. The van der Waals surface area contributed by atoms with Gasteiger partial charge in [0.15, 0.2) is 5.13 Å². The van der Waals surface area contributed by atoms with Gasteiger partial charge in [0.05, 0.1) is 6.04 Å². The van der Waals surface area contributed by atoms with E-state index in [0.29, 0.717) is 10.8 Å². The summed E-state index contributed by atoms with van der Waals surface area (Å²) < 4.78 is 0. The standard InChI is InChI=1S/C17H19N3O2S/c1-11(21)18-17-19-14(10-23-17)16(22)20(2)15-9-5-7-12-6-3-4-8-13(12)15/h3-4,6,8,10,15H,5,7,9H2,1-2H3,(H,18,19,21). The number of aryl methyl sites for hydroxylation is 1. The molecule has 1 unspecified atom stereocenters. The number of hydrogen-bond acceptors (Lipinski definition) is 4. The molecule has 1 aromatic heterocycles. The second-order valence-corrected chi connectivity index (χ2v) is 6.60. The van der Waals surface area contributed by atoms with Crippen molar-refractivity contribution < 1.29 is 9.59 Å². The van der Waals surface area contributed by atoms with Gasteiger partial charge in [0.1, 0.15) is 5.69 Å². The molecule has 0 aliphatic heterocycles. The van der Waals surface area contributed by atoms with Crippen LogP contribution < -0.4 is 5.32 Å². The number of anilines is 1. The first-order valence-corrected chi connectivity index (χ1v) is 8.52. The predicted octanol–water partition coefficient (Wildman–Crippen LogP) is 3.25. The van der Waals surface area contributed by atoms with Gasteiger partial charge in [-0.15, -0.1) is 11.3 Å². The van der Waals surface area contributed by atoms with Crippen molar-refractivity contribution in [2.75, 3.05) is 12.4 Å². The lowest BCUT2D eigenvalue weighted by Gasteiger charge is -2.33. The summed E-state index contributed by atoms with van der Waals surface area (Å²) in [5.74, 6) is -0.299. The number of nitrogens with zero attached hydrogens (tertiary/aromatic N) is 2. The van der Waals surface area contributed by atoms with E-state index in [2.05, 4.69) is 22.4 Å². The first-order chi connectivity index (χ1) is 11.1. The molecule has 1 aliphatic carbocycles. The lowest BCUT2D eigenvalue weighted by atomic mass is 9.87. The highest BCUT2D eigenvalue weighted by atomic mass is 32.1. The second kappa shape index (κ2) is 6.50. The summed E-state index contributed by atoms with van der Waals surface area (Å²) in [6, 6.07) is 8.39. The van der Waals surface area contributed by atoms with Crippen LogP contribution in [0.3, 0.4) is 0 Å². The summed E-state index contributed by atoms with van der Waals surface area (Å²) in [4.78, 5) is 29.8. The topological polar surface area (TPSA) is 62.3 Å². The molecule has 2 aromatic rings. The lowest BCUT2D eigenvalue weighted by molar-refractivity contribution is -0.114. The van der Waals surface area contributed by atoms with Crippen LogP contribution in [0.2, 0.25) is 0 Å². The van der Waals surface area contributed by atoms with Crippen LogP contribution in [0.1, 0.15) is 47.4 Å². The molecule has 6 heteroatoms. The Morgan fingerprint density at radius 3 is 2.91 bits per heavy atom. The lowest BCUT2D eigenvalue weighted by Crippen LogP contribution is -2.33. The third kappa shape index (κ3) is 3.27. The van der Waals surface area contributed by atoms with Crippen molar-refractivity contribution in [3.63, 3.8) is 0 Å². The average molecular weight is 329 g/mol. The SMILES string of the molecule is CC(=O)Nc1nc(C(=O)N(C)C2CCCc3ccccc32)cs1. The Hall–Kier alpha value is -2.21. The maximum atomic E-state index is 12.7. The molecule has 23 heavy (non-hydrogen) atoms. The number of fused-ring (bicyclic) bond motifs is 1. The third-order valence-corrected chi connectivity index (χ3v) is 4.89. The summed E-state index contributed by atoms with van der Waals surface area (Å²) in [6.45, 7) is 1.42. The summed E-state index contributed by atoms with van der Waals surface area (Å²) in [7, 11) is 1.83. The monoisotopic (exact) mass is 329 g/mol. The van der Waals surface area contributed by atoms with E-state index in [-0.39, 0.29) is 17.9 Å². The van der Waals surface area contributed by atoms with Crippen LogP contribution in [0, 0.1) is 0 Å². The van der Waals surface area contributed by atoms with Crippen LogP contribution in [-0.2, 0) is 11.2 Å². The molecule has 1 atom stereocenters. The second-order valence-electron chi connectivity index (χ2n) is 5.74. The van der Waals surface area contributed by atoms with Gasteiger partial charge in [0, 0.05) is 19.4 Å². The molecule has 120 valence electrons. The summed E-state index contributed by atoms with van der Waals surface area (Å²) in [5, 5.41) is 4.76. The number of carbonyl (C=O) groups excluding carboxylic acids is 2. The van der Waals surface area contributed by atoms with Crippen LogP contribution in [-0.4, -0.2) is 28.7 Å². The first-order valence-electron chi connectivity index (χ1n) is 7.64. The molecular formula is C17H19N3O2S. The number of amides is 2. The molecule has 1 N–H and O–H groups in total. The molecule has 0 bridgehead atoms. The molecule has 5 nitrogen and oxygen atoms in total. The van der Waals surface area contributed by atoms with Crippen LogP contribution in [0.15, 0.2) is 29.6 Å². The average Bonchev–Trinajstić information content (AvgIpc) is 3.00. The minimum absolute atomic E-state index is 0.0818. The van der Waals surface area contributed by atoms with E-state index in [9.17, 15) is 9.59 Å². The van der Waals surface area contributed by atoms with Gasteiger partial charge in [0.25, 0.3) is 5.91 Å². The molecule has 1 aromatic carbocycles. The number of hydrogen-bond donors (Lipinski definition) is 1. The van der Waals surface area contributed by atoms with Crippen molar-refractivity contribution in [3.8, 4) is 0 Å². The minimum Gasteiger partial charge on any atom is -0.333 e. The Bertz CT molecular complexity index is 741. The molecule has 1 heterocycles. The molecule has 0 fully saturated rings. The number of carbonyl (C=O) groups is 2. The number of aromatic nitrogens is 1. The Morgan fingerprint density at radius 2 is 2.13 bits per heavy atom. The van der Waals surface area contributed by atoms with E-state index in [1.54, 1.807) is 10.3 Å². The van der Waals surface area contributed by atoms with Crippen LogP contribution in [0.4, 0.5) is 5.13 Å². The fraction of sp³-hybridized carbons (Fsp3) is 0.353. The first kappa shape index (κ1) is 15.7. The zero-order valence-corrected chi connectivity index (χ0v) is 14.0. The van der Waals surface area contributed by atoms with Crippen molar-refractivity contribution in [2.24, 2.45) is 0 Å². The quantitative estimate of drug-likeness (QED) is 0.940. The van der Waals surface area contributed by atoms with Gasteiger partial charge in [-0.25, -0.2) is 4.98 Å². The summed E-state index contributed by atoms with van der Waals surface area (Å²) in [6.07, 6.45) is 3.10. The molecule has 0 spiro atoms. The normalized spacial score (nSPS) is 16.5. The largest absolute Gasteiger partial charge is 0.333 e. The summed E-state index contributed by atoms with van der Waals surface area (Å²) in [5.41, 5.74) is 2.93. The number of rotatable bonds is 3. The predicted molar refractivity (Wildman–Crippen MR) is 90.6 cm³/mol. The highest BCUT2D eigenvalue weighted by Crippen LogP contribution is 2.34. The van der Waals surface area contributed by atoms with E-state index < -0.39 is 0 Å². The van der Waals surface area contributed by atoms with E-state index in [4.69, 9.17) is 0 Å². The van der Waals surface area contributed by atoms with E-state index in [0.717, 1.165) is 19.3 Å². The van der Waals surface area contributed by atoms with Gasteiger partial charge in [0.2, 0.25) is 5.91 Å². The smallest absolute Gasteiger partial charge is 0.273 e. The fourth-order valence-corrected chi connectivity index (χ4v) is 3.76. The molecular weight excluding hydrogens is 310 g/mol. The zero-order valence-electron chi connectivity index (χ0n) is 13.2. The fourth-order valence-electron chi connectivity index (χ4n) is 3.03. The maximum absolute atomic E-state index is 12.7. The third-order valence-electron chi connectivity index (χ3n) is 4.13. The van der Waals surface area contributed by atoms with E-state index in [1.165, 1.54) is 29.4 Å². The van der Waals surface area contributed by atoms with Crippen molar-refractivity contribution in [3.05, 3.63) is 46.5 Å². The Balaban J connectivity index is 1.80. The van der Waals surface area contributed by atoms with Gasteiger partial charge in [-0.3, -0.25) is 9.59 Å². The summed E-state index contributed by atoms with van der Waals surface area (Å²) >= 11 is 1.27. The van der Waals surface area contributed by atoms with Gasteiger partial charge < -0.3 is 10.2 Å². The molecule has 2 amide bonds. The van der Waals surface area contributed by atoms with Gasteiger partial charge in [-0.2, -0.15) is 0 Å². The molecule has 0 saturated heterocycles. The van der Waals surface area contributed by atoms with Gasteiger partial charge >= 0.3 is 0 Å². The molecule has 0 radical (unpaired) electrons. The Labute approximate surface area is 139 Å². The minimum atomic E-state index is -0.187. The number of thiazole rings is 1. The zero-order chi connectivity index (χ0) is 16.4. The van der Waals surface area contributed by atoms with E-state index in [1.807, 2.05) is 19.2 Å². The van der Waals surface area contributed by atoms with Crippen LogP contribution in [0.25, 0.3) is 0 Å². The molecule has 0 saturated carbocycles. The highest BCUT2D eigenvalue weighted by molar-refractivity contribution is 7.14. The van der Waals surface area contributed by atoms with Crippen molar-refractivity contribution >= 4 is 28.3 Å². The van der Waals surface area contributed by atoms with Gasteiger partial charge in [-0.05, 0) is 30.4 Å². The molecule has 1 aliphatic rings. The van der Waals surface area contributed by atoms with Gasteiger partial charge in [-0.1, -0.05) is 24.3 Å².